The molecule has 2 saturated carbocycles. The van der Waals surface area contributed by atoms with Crippen molar-refractivity contribution in [3.05, 3.63) is 0 Å². The second-order valence-electron chi connectivity index (χ2n) is 8.45. The van der Waals surface area contributed by atoms with Crippen LogP contribution in [0, 0.1) is 17.8 Å². The van der Waals surface area contributed by atoms with Crippen LogP contribution < -0.4 is 0 Å². The van der Waals surface area contributed by atoms with Crippen LogP contribution in [0.4, 0.5) is 0 Å². The fourth-order valence-electron chi connectivity index (χ4n) is 4.93. The lowest BCUT2D eigenvalue weighted by molar-refractivity contribution is -0.131. The van der Waals surface area contributed by atoms with Crippen molar-refractivity contribution in [3.8, 4) is 0 Å². The Morgan fingerprint density at radius 2 is 1.58 bits per heavy atom. The number of carbonyl (C=O) groups is 2. The molecule has 7 heteroatoms. The second-order valence-corrected chi connectivity index (χ2v) is 8.45. The molecule has 4 fully saturated rings. The highest BCUT2D eigenvalue weighted by atomic mass is 16.3. The van der Waals surface area contributed by atoms with Crippen LogP contribution >= 0.6 is 0 Å². The third kappa shape index (κ3) is 4.75. The lowest BCUT2D eigenvalue weighted by atomic mass is 9.79. The molecule has 2 saturated heterocycles. The molecule has 0 radical (unpaired) electrons. The van der Waals surface area contributed by atoms with Gasteiger partial charge in [0.05, 0.1) is 12.2 Å². The molecule has 4 aliphatic rings. The smallest absolute Gasteiger partial charge is 0.290 e. The molecule has 2 aliphatic heterocycles. The third-order valence-electron chi connectivity index (χ3n) is 6.61. The molecule has 0 aromatic heterocycles. The fraction of sp³-hybridized carbons (Fsp3) is 0.895. The zero-order valence-corrected chi connectivity index (χ0v) is 15.4. The highest BCUT2D eigenvalue weighted by Crippen LogP contribution is 2.38. The van der Waals surface area contributed by atoms with E-state index < -0.39 is 12.2 Å². The molecule has 148 valence electrons. The lowest BCUT2D eigenvalue weighted by Gasteiger charge is -2.32. The normalized spacial score (nSPS) is 38.2. The Bertz CT molecular complexity index is 480. The first-order valence-corrected chi connectivity index (χ1v) is 9.97. The predicted molar refractivity (Wildman–Crippen MR) is 95.4 cm³/mol. The van der Waals surface area contributed by atoms with Crippen molar-refractivity contribution in [1.29, 1.82) is 0 Å². The summed E-state index contributed by atoms with van der Waals surface area (Å²) in [6.45, 7) is 3.72. The first kappa shape index (κ1) is 19.6. The van der Waals surface area contributed by atoms with Gasteiger partial charge in [0.2, 0.25) is 5.91 Å². The molecule has 2 aliphatic carbocycles. The summed E-state index contributed by atoms with van der Waals surface area (Å²) in [5, 5.41) is 26.7. The fourth-order valence-corrected chi connectivity index (χ4v) is 4.93. The highest BCUT2D eigenvalue weighted by molar-refractivity contribution is 5.76. The monoisotopic (exact) mass is 368 g/mol. The van der Waals surface area contributed by atoms with Crippen LogP contribution in [0.3, 0.4) is 0 Å². The predicted octanol–water partition coefficient (Wildman–Crippen LogP) is 0.542. The summed E-state index contributed by atoms with van der Waals surface area (Å²) >= 11 is 0. The molecule has 0 aromatic rings. The maximum absolute atomic E-state index is 12.3. The summed E-state index contributed by atoms with van der Waals surface area (Å²) in [4.78, 5) is 25.3. The van der Waals surface area contributed by atoms with Gasteiger partial charge in [-0.2, -0.15) is 0 Å². The Labute approximate surface area is 155 Å². The van der Waals surface area contributed by atoms with Crippen molar-refractivity contribution >= 4 is 12.4 Å². The molecule has 7 nitrogen and oxygen atoms in total. The lowest BCUT2D eigenvalue weighted by Crippen LogP contribution is -2.38. The quantitative estimate of drug-likeness (QED) is 0.629. The summed E-state index contributed by atoms with van der Waals surface area (Å²) in [6, 6.07) is 0.503. The molecule has 0 bridgehead atoms. The van der Waals surface area contributed by atoms with Gasteiger partial charge in [-0.3, -0.25) is 14.5 Å². The number of aliphatic hydroxyl groups excluding tert-OH is 2. The van der Waals surface area contributed by atoms with Gasteiger partial charge in [0, 0.05) is 38.6 Å². The Hall–Kier alpha value is -1.18. The number of nitrogens with zero attached hydrogens (tertiary/aromatic N) is 2. The summed E-state index contributed by atoms with van der Waals surface area (Å²) in [7, 11) is 0. The minimum absolute atomic E-state index is 0.250. The molecule has 1 unspecified atom stereocenters. The van der Waals surface area contributed by atoms with Crippen LogP contribution in [-0.4, -0.2) is 81.9 Å². The van der Waals surface area contributed by atoms with Gasteiger partial charge in [-0.15, -0.1) is 0 Å². The summed E-state index contributed by atoms with van der Waals surface area (Å²) in [5.41, 5.74) is 0. The Balaban J connectivity index is 0.000000613. The number of carbonyl (C=O) groups excluding carboxylic acids is 1. The second kappa shape index (κ2) is 8.67. The van der Waals surface area contributed by atoms with E-state index in [-0.39, 0.29) is 6.47 Å². The number of hydrogen-bond donors (Lipinski definition) is 3. The number of amides is 1. The van der Waals surface area contributed by atoms with E-state index in [2.05, 4.69) is 9.80 Å². The summed E-state index contributed by atoms with van der Waals surface area (Å²) in [5.74, 6) is 2.17. The molecule has 4 rings (SSSR count). The van der Waals surface area contributed by atoms with Crippen molar-refractivity contribution in [1.82, 2.24) is 9.80 Å². The molecule has 0 aromatic carbocycles. The first-order valence-electron chi connectivity index (χ1n) is 9.97. The van der Waals surface area contributed by atoms with Gasteiger partial charge in [0.15, 0.2) is 0 Å². The number of fused-ring (bicyclic) bond motifs is 1. The molecule has 0 spiro atoms. The van der Waals surface area contributed by atoms with Crippen LogP contribution in [-0.2, 0) is 9.59 Å². The van der Waals surface area contributed by atoms with Gasteiger partial charge in [0.1, 0.15) is 0 Å². The molecular weight excluding hydrogens is 336 g/mol. The van der Waals surface area contributed by atoms with E-state index in [0.29, 0.717) is 30.2 Å². The molecule has 5 atom stereocenters. The van der Waals surface area contributed by atoms with Crippen molar-refractivity contribution in [3.63, 3.8) is 0 Å². The van der Waals surface area contributed by atoms with Crippen molar-refractivity contribution in [2.45, 2.75) is 63.2 Å². The third-order valence-corrected chi connectivity index (χ3v) is 6.61. The number of likely N-dealkylation sites (tertiary alicyclic amines) is 2. The maximum Gasteiger partial charge on any atom is 0.290 e. The number of carboxylic acid groups (broad SMARTS) is 1. The summed E-state index contributed by atoms with van der Waals surface area (Å²) < 4.78 is 0. The minimum atomic E-state index is -0.541. The van der Waals surface area contributed by atoms with Crippen LogP contribution in [0.5, 0.6) is 0 Å². The standard InChI is InChI=1S/C18H30N2O3.CH2O2/c21-16-7-13-10-20(11-14(13)8-17(16)22)15-3-4-18(23)19(6-5-15)9-12-1-2-12;2-1-3/h12-17,21-22H,1-11H2;1H,(H,2,3)/t13-,14+,15?,16+,17-;. The van der Waals surface area contributed by atoms with Crippen LogP contribution in [0.15, 0.2) is 0 Å². The summed E-state index contributed by atoms with van der Waals surface area (Å²) in [6.07, 6.45) is 5.74. The topological polar surface area (TPSA) is 101 Å². The van der Waals surface area contributed by atoms with Gasteiger partial charge in [-0.25, -0.2) is 0 Å². The van der Waals surface area contributed by atoms with E-state index in [1.165, 1.54) is 12.8 Å². The van der Waals surface area contributed by atoms with Gasteiger partial charge < -0.3 is 20.2 Å². The van der Waals surface area contributed by atoms with Crippen molar-refractivity contribution in [2.75, 3.05) is 26.2 Å². The van der Waals surface area contributed by atoms with Crippen LogP contribution in [0.1, 0.15) is 44.9 Å². The Kier molecular flexibility index (Phi) is 6.53. The minimum Gasteiger partial charge on any atom is -0.483 e. The molecular formula is C19H32N2O5. The van der Waals surface area contributed by atoms with E-state index >= 15 is 0 Å². The zero-order chi connectivity index (χ0) is 18.7. The average Bonchev–Trinajstić information content (AvgIpc) is 3.36. The SMILES string of the molecule is O=C1CCC(N2C[C@H]3C[C@H](O)[C@H](O)C[C@H]3C2)CCN1CC1CC1.O=CO. The number of rotatable bonds is 3. The number of hydrogen-bond acceptors (Lipinski definition) is 5. The first-order chi connectivity index (χ1) is 12.5. The molecule has 1 amide bonds. The van der Waals surface area contributed by atoms with E-state index in [9.17, 15) is 15.0 Å². The van der Waals surface area contributed by atoms with E-state index in [1.807, 2.05) is 0 Å². The maximum atomic E-state index is 12.3. The van der Waals surface area contributed by atoms with Gasteiger partial charge >= 0.3 is 0 Å². The Morgan fingerprint density at radius 3 is 2.12 bits per heavy atom. The number of aliphatic hydroxyl groups is 2. The molecule has 2 heterocycles. The largest absolute Gasteiger partial charge is 0.483 e. The van der Waals surface area contributed by atoms with Gasteiger partial charge in [-0.1, -0.05) is 0 Å². The van der Waals surface area contributed by atoms with Crippen LogP contribution in [0.25, 0.3) is 0 Å². The molecule has 3 N–H and O–H groups in total. The molecule has 26 heavy (non-hydrogen) atoms. The average molecular weight is 368 g/mol. The van der Waals surface area contributed by atoms with Crippen molar-refractivity contribution in [2.24, 2.45) is 17.8 Å². The van der Waals surface area contributed by atoms with Gasteiger partial charge in [-0.05, 0) is 56.3 Å². The van der Waals surface area contributed by atoms with E-state index in [4.69, 9.17) is 9.90 Å². The highest BCUT2D eigenvalue weighted by Gasteiger charge is 2.43. The van der Waals surface area contributed by atoms with Crippen molar-refractivity contribution < 1.29 is 24.9 Å². The van der Waals surface area contributed by atoms with E-state index in [0.717, 1.165) is 57.8 Å². The zero-order valence-electron chi connectivity index (χ0n) is 15.4. The van der Waals surface area contributed by atoms with Gasteiger partial charge in [0.25, 0.3) is 6.47 Å². The van der Waals surface area contributed by atoms with Crippen LogP contribution in [0.2, 0.25) is 0 Å². The Morgan fingerprint density at radius 1 is 1.00 bits per heavy atom. The van der Waals surface area contributed by atoms with E-state index in [1.54, 1.807) is 0 Å².